The first-order valence-electron chi connectivity index (χ1n) is 6.16. The molecule has 0 saturated heterocycles. The standard InChI is InChI=1S/C13H24N2O/c1-10(2)7-6-8-16-13-14-9-12(11(3)4)15(13)5/h9-11H,6-8H2,1-5H3. The first-order chi connectivity index (χ1) is 7.52. The first kappa shape index (κ1) is 13.1. The predicted octanol–water partition coefficient (Wildman–Crippen LogP) is 3.36. The van der Waals surface area contributed by atoms with Crippen LogP contribution in [0.4, 0.5) is 0 Å². The average Bonchev–Trinajstić information content (AvgIpc) is 2.54. The van der Waals surface area contributed by atoms with E-state index in [1.165, 1.54) is 12.1 Å². The number of ether oxygens (including phenoxy) is 1. The number of hydrogen-bond donors (Lipinski definition) is 0. The Morgan fingerprint density at radius 1 is 1.31 bits per heavy atom. The molecule has 0 bridgehead atoms. The second-order valence-electron chi connectivity index (χ2n) is 5.06. The highest BCUT2D eigenvalue weighted by Crippen LogP contribution is 2.19. The molecule has 0 aliphatic carbocycles. The largest absolute Gasteiger partial charge is 0.465 e. The lowest BCUT2D eigenvalue weighted by molar-refractivity contribution is 0.267. The number of hydrogen-bond acceptors (Lipinski definition) is 2. The molecule has 16 heavy (non-hydrogen) atoms. The molecule has 0 unspecified atom stereocenters. The summed E-state index contributed by atoms with van der Waals surface area (Å²) < 4.78 is 7.71. The van der Waals surface area contributed by atoms with Crippen molar-refractivity contribution in [3.8, 4) is 6.01 Å². The van der Waals surface area contributed by atoms with Gasteiger partial charge in [-0.05, 0) is 24.7 Å². The Hall–Kier alpha value is -0.990. The maximum atomic E-state index is 5.67. The van der Waals surface area contributed by atoms with Gasteiger partial charge < -0.3 is 9.30 Å². The fraction of sp³-hybridized carbons (Fsp3) is 0.769. The van der Waals surface area contributed by atoms with Gasteiger partial charge in [0.05, 0.1) is 12.8 Å². The Balaban J connectivity index is 2.43. The van der Waals surface area contributed by atoms with Crippen LogP contribution in [0.1, 0.15) is 52.1 Å². The van der Waals surface area contributed by atoms with Crippen molar-refractivity contribution in [2.75, 3.05) is 6.61 Å². The van der Waals surface area contributed by atoms with Gasteiger partial charge in [0.2, 0.25) is 0 Å². The summed E-state index contributed by atoms with van der Waals surface area (Å²) in [7, 11) is 2.01. The van der Waals surface area contributed by atoms with E-state index in [0.717, 1.165) is 25.0 Å². The van der Waals surface area contributed by atoms with Crippen molar-refractivity contribution in [1.82, 2.24) is 9.55 Å². The highest BCUT2D eigenvalue weighted by Gasteiger charge is 2.10. The maximum Gasteiger partial charge on any atom is 0.296 e. The minimum Gasteiger partial charge on any atom is -0.465 e. The third-order valence-electron chi connectivity index (χ3n) is 2.73. The van der Waals surface area contributed by atoms with E-state index in [1.54, 1.807) is 0 Å². The van der Waals surface area contributed by atoms with Crippen LogP contribution in [-0.4, -0.2) is 16.2 Å². The van der Waals surface area contributed by atoms with Crippen molar-refractivity contribution in [1.29, 1.82) is 0 Å². The summed E-state index contributed by atoms with van der Waals surface area (Å²) in [6, 6.07) is 0.743. The molecule has 0 radical (unpaired) electrons. The zero-order valence-corrected chi connectivity index (χ0v) is 11.2. The van der Waals surface area contributed by atoms with Crippen LogP contribution in [0, 0.1) is 5.92 Å². The molecule has 0 aliphatic heterocycles. The Morgan fingerprint density at radius 3 is 2.50 bits per heavy atom. The van der Waals surface area contributed by atoms with E-state index in [1.807, 2.05) is 17.8 Å². The van der Waals surface area contributed by atoms with Gasteiger partial charge in [0.1, 0.15) is 0 Å². The molecule has 1 heterocycles. The van der Waals surface area contributed by atoms with Gasteiger partial charge in [-0.15, -0.1) is 0 Å². The van der Waals surface area contributed by atoms with Gasteiger partial charge in [-0.25, -0.2) is 4.98 Å². The van der Waals surface area contributed by atoms with E-state index in [9.17, 15) is 0 Å². The monoisotopic (exact) mass is 224 g/mol. The van der Waals surface area contributed by atoms with Gasteiger partial charge in [0.25, 0.3) is 6.01 Å². The Kier molecular flexibility index (Phi) is 4.84. The van der Waals surface area contributed by atoms with E-state index >= 15 is 0 Å². The zero-order valence-electron chi connectivity index (χ0n) is 11.2. The van der Waals surface area contributed by atoms with Gasteiger partial charge in [0, 0.05) is 12.7 Å². The number of rotatable bonds is 6. The maximum absolute atomic E-state index is 5.67. The molecule has 0 amide bonds. The molecule has 1 aromatic rings. The summed E-state index contributed by atoms with van der Waals surface area (Å²) in [6.07, 6.45) is 4.21. The average molecular weight is 224 g/mol. The lowest BCUT2D eigenvalue weighted by Crippen LogP contribution is -2.06. The summed E-state index contributed by atoms with van der Waals surface area (Å²) in [6.45, 7) is 9.56. The van der Waals surface area contributed by atoms with Gasteiger partial charge in [-0.3, -0.25) is 0 Å². The van der Waals surface area contributed by atoms with Crippen molar-refractivity contribution >= 4 is 0 Å². The van der Waals surface area contributed by atoms with Crippen molar-refractivity contribution in [3.63, 3.8) is 0 Å². The zero-order chi connectivity index (χ0) is 12.1. The molecule has 1 aromatic heterocycles. The van der Waals surface area contributed by atoms with Crippen molar-refractivity contribution in [2.24, 2.45) is 13.0 Å². The first-order valence-corrected chi connectivity index (χ1v) is 6.16. The number of aromatic nitrogens is 2. The van der Waals surface area contributed by atoms with Crippen LogP contribution in [0.2, 0.25) is 0 Å². The highest BCUT2D eigenvalue weighted by atomic mass is 16.5. The highest BCUT2D eigenvalue weighted by molar-refractivity contribution is 5.12. The topological polar surface area (TPSA) is 27.1 Å². The third-order valence-corrected chi connectivity index (χ3v) is 2.73. The van der Waals surface area contributed by atoms with Crippen molar-refractivity contribution in [2.45, 2.75) is 46.5 Å². The van der Waals surface area contributed by atoms with Crippen LogP contribution in [0.3, 0.4) is 0 Å². The van der Waals surface area contributed by atoms with E-state index < -0.39 is 0 Å². The molecule has 0 saturated carbocycles. The molecule has 3 heteroatoms. The SMILES string of the molecule is CC(C)CCCOc1ncc(C(C)C)n1C. The Bertz CT molecular complexity index is 316. The van der Waals surface area contributed by atoms with Crippen molar-refractivity contribution in [3.05, 3.63) is 11.9 Å². The molecule has 1 rings (SSSR count). The summed E-state index contributed by atoms with van der Waals surface area (Å²) in [5.41, 5.74) is 1.22. The quantitative estimate of drug-likeness (QED) is 0.693. The molecule has 0 atom stereocenters. The molecule has 92 valence electrons. The fourth-order valence-corrected chi connectivity index (χ4v) is 1.73. The summed E-state index contributed by atoms with van der Waals surface area (Å²) in [5, 5.41) is 0. The Labute approximate surface area is 98.8 Å². The van der Waals surface area contributed by atoms with Crippen LogP contribution in [0.25, 0.3) is 0 Å². The van der Waals surface area contributed by atoms with Gasteiger partial charge in [-0.2, -0.15) is 0 Å². The minimum atomic E-state index is 0.491. The van der Waals surface area contributed by atoms with E-state index in [2.05, 4.69) is 32.7 Å². The number of nitrogens with zero attached hydrogens (tertiary/aromatic N) is 2. The second-order valence-corrected chi connectivity index (χ2v) is 5.06. The molecule has 0 spiro atoms. The molecule has 0 aliphatic rings. The minimum absolute atomic E-state index is 0.491. The smallest absolute Gasteiger partial charge is 0.296 e. The number of imidazole rings is 1. The second kappa shape index (κ2) is 5.92. The lowest BCUT2D eigenvalue weighted by Gasteiger charge is -2.09. The molecule has 0 fully saturated rings. The fourth-order valence-electron chi connectivity index (χ4n) is 1.73. The molecule has 0 aromatic carbocycles. The molecule has 0 N–H and O–H groups in total. The van der Waals surface area contributed by atoms with Crippen molar-refractivity contribution < 1.29 is 4.74 Å². The lowest BCUT2D eigenvalue weighted by atomic mass is 10.1. The van der Waals surface area contributed by atoms with Crippen LogP contribution in [-0.2, 0) is 7.05 Å². The Morgan fingerprint density at radius 2 is 2.00 bits per heavy atom. The normalized spacial score (nSPS) is 11.4. The van der Waals surface area contributed by atoms with E-state index in [-0.39, 0.29) is 0 Å². The van der Waals surface area contributed by atoms with Crippen LogP contribution >= 0.6 is 0 Å². The molecule has 3 nitrogen and oxygen atoms in total. The summed E-state index contributed by atoms with van der Waals surface area (Å²) in [4.78, 5) is 4.29. The van der Waals surface area contributed by atoms with Crippen LogP contribution in [0.15, 0.2) is 6.20 Å². The van der Waals surface area contributed by atoms with E-state index in [0.29, 0.717) is 5.92 Å². The van der Waals surface area contributed by atoms with Crippen LogP contribution < -0.4 is 4.74 Å². The molecular weight excluding hydrogens is 200 g/mol. The predicted molar refractivity (Wildman–Crippen MR) is 66.9 cm³/mol. The van der Waals surface area contributed by atoms with Crippen LogP contribution in [0.5, 0.6) is 6.01 Å². The van der Waals surface area contributed by atoms with Gasteiger partial charge in [0.15, 0.2) is 0 Å². The van der Waals surface area contributed by atoms with E-state index in [4.69, 9.17) is 4.74 Å². The third kappa shape index (κ3) is 3.54. The van der Waals surface area contributed by atoms with Gasteiger partial charge >= 0.3 is 0 Å². The summed E-state index contributed by atoms with van der Waals surface area (Å²) in [5.74, 6) is 1.24. The van der Waals surface area contributed by atoms with Gasteiger partial charge in [-0.1, -0.05) is 27.7 Å². The summed E-state index contributed by atoms with van der Waals surface area (Å²) >= 11 is 0. The molecular formula is C13H24N2O.